The highest BCUT2D eigenvalue weighted by Crippen LogP contribution is 2.38. The van der Waals surface area contributed by atoms with Crippen molar-refractivity contribution in [2.24, 2.45) is 0 Å². The Hall–Kier alpha value is -3.02. The quantitative estimate of drug-likeness (QED) is 0.698. The third-order valence-electron chi connectivity index (χ3n) is 5.37. The average Bonchev–Trinajstić information content (AvgIpc) is 3.66. The van der Waals surface area contributed by atoms with Crippen LogP contribution in [0.15, 0.2) is 48.5 Å². The standard InChI is InChI=1S/C22H21FN4O/c23-18-9-1-14(2-10-18)13-27(19-11-12-19)22(28)17-7-5-16(6-8-17)21-24-20(25-26-21)15-3-4-15/h1-2,5-10,15,19H,3-4,11-13H2,(H,24,25,26). The van der Waals surface area contributed by atoms with E-state index in [0.717, 1.165) is 29.8 Å². The number of carbonyl (C=O) groups excluding carboxylic acids is 1. The van der Waals surface area contributed by atoms with Gasteiger partial charge in [0, 0.05) is 29.6 Å². The third kappa shape index (κ3) is 3.54. The molecule has 2 fully saturated rings. The molecule has 2 aromatic carbocycles. The van der Waals surface area contributed by atoms with Crippen molar-refractivity contribution in [1.82, 2.24) is 20.1 Å². The maximum absolute atomic E-state index is 13.2. The summed E-state index contributed by atoms with van der Waals surface area (Å²) in [6.07, 6.45) is 4.39. The Morgan fingerprint density at radius 3 is 2.39 bits per heavy atom. The molecule has 0 atom stereocenters. The van der Waals surface area contributed by atoms with Crippen LogP contribution in [0.2, 0.25) is 0 Å². The second-order valence-electron chi connectivity index (χ2n) is 7.69. The number of hydrogen-bond acceptors (Lipinski definition) is 3. The lowest BCUT2D eigenvalue weighted by molar-refractivity contribution is 0.0730. The highest BCUT2D eigenvalue weighted by atomic mass is 19.1. The van der Waals surface area contributed by atoms with Gasteiger partial charge in [0.05, 0.1) is 0 Å². The molecular weight excluding hydrogens is 355 g/mol. The molecule has 1 aromatic heterocycles. The molecule has 1 heterocycles. The van der Waals surface area contributed by atoms with Crippen molar-refractivity contribution in [3.63, 3.8) is 0 Å². The molecule has 1 amide bonds. The Labute approximate surface area is 162 Å². The van der Waals surface area contributed by atoms with Crippen LogP contribution in [0.5, 0.6) is 0 Å². The predicted octanol–water partition coefficient (Wildman–Crippen LogP) is 4.29. The SMILES string of the molecule is O=C(c1ccc(-c2n[nH]c(C3CC3)n2)cc1)N(Cc1ccc(F)cc1)C1CC1. The zero-order valence-corrected chi connectivity index (χ0v) is 15.4. The summed E-state index contributed by atoms with van der Waals surface area (Å²) < 4.78 is 13.2. The van der Waals surface area contributed by atoms with E-state index in [1.165, 1.54) is 25.0 Å². The van der Waals surface area contributed by atoms with E-state index in [2.05, 4.69) is 15.2 Å². The van der Waals surface area contributed by atoms with Gasteiger partial charge in [0.1, 0.15) is 11.6 Å². The van der Waals surface area contributed by atoms with Gasteiger partial charge in [-0.3, -0.25) is 9.89 Å². The van der Waals surface area contributed by atoms with Crippen molar-refractivity contribution in [3.8, 4) is 11.4 Å². The Morgan fingerprint density at radius 1 is 1.04 bits per heavy atom. The molecule has 0 spiro atoms. The molecule has 28 heavy (non-hydrogen) atoms. The van der Waals surface area contributed by atoms with Crippen molar-refractivity contribution >= 4 is 5.91 Å². The van der Waals surface area contributed by atoms with Crippen LogP contribution in [0.3, 0.4) is 0 Å². The van der Waals surface area contributed by atoms with E-state index in [9.17, 15) is 9.18 Å². The van der Waals surface area contributed by atoms with Gasteiger partial charge < -0.3 is 4.90 Å². The summed E-state index contributed by atoms with van der Waals surface area (Å²) in [6, 6.07) is 14.1. The molecule has 6 heteroatoms. The number of H-pyrrole nitrogens is 1. The van der Waals surface area contributed by atoms with E-state index >= 15 is 0 Å². The van der Waals surface area contributed by atoms with Crippen molar-refractivity contribution in [1.29, 1.82) is 0 Å². The first-order valence-electron chi connectivity index (χ1n) is 9.75. The lowest BCUT2D eigenvalue weighted by atomic mass is 10.1. The van der Waals surface area contributed by atoms with Crippen LogP contribution in [-0.2, 0) is 6.54 Å². The van der Waals surface area contributed by atoms with E-state index < -0.39 is 0 Å². The Kier molecular flexibility index (Phi) is 4.19. The lowest BCUT2D eigenvalue weighted by Gasteiger charge is -2.23. The third-order valence-corrected chi connectivity index (χ3v) is 5.37. The largest absolute Gasteiger partial charge is 0.331 e. The maximum atomic E-state index is 13.2. The van der Waals surface area contributed by atoms with Gasteiger partial charge in [0.2, 0.25) is 0 Å². The van der Waals surface area contributed by atoms with E-state index in [0.29, 0.717) is 23.9 Å². The number of halogens is 1. The van der Waals surface area contributed by atoms with Crippen LogP contribution >= 0.6 is 0 Å². The Morgan fingerprint density at radius 2 is 1.75 bits per heavy atom. The summed E-state index contributed by atoms with van der Waals surface area (Å²) in [7, 11) is 0. The number of amides is 1. The average molecular weight is 376 g/mol. The second-order valence-corrected chi connectivity index (χ2v) is 7.69. The fourth-order valence-corrected chi connectivity index (χ4v) is 3.41. The van der Waals surface area contributed by atoms with Crippen molar-refractivity contribution in [3.05, 3.63) is 71.3 Å². The number of rotatable bonds is 6. The minimum Gasteiger partial charge on any atom is -0.331 e. The van der Waals surface area contributed by atoms with E-state index in [1.54, 1.807) is 12.1 Å². The Balaban J connectivity index is 1.33. The van der Waals surface area contributed by atoms with Crippen LogP contribution in [0.4, 0.5) is 4.39 Å². The van der Waals surface area contributed by atoms with Gasteiger partial charge in [0.25, 0.3) is 5.91 Å². The Bertz CT molecular complexity index is 988. The number of aromatic amines is 1. The number of carbonyl (C=O) groups is 1. The van der Waals surface area contributed by atoms with Crippen molar-refractivity contribution in [2.75, 3.05) is 0 Å². The fourth-order valence-electron chi connectivity index (χ4n) is 3.41. The molecule has 0 aliphatic heterocycles. The van der Waals surface area contributed by atoms with Gasteiger partial charge in [0.15, 0.2) is 5.82 Å². The van der Waals surface area contributed by atoms with Gasteiger partial charge in [-0.1, -0.05) is 24.3 Å². The zero-order valence-electron chi connectivity index (χ0n) is 15.4. The minimum atomic E-state index is -0.263. The molecule has 3 aromatic rings. The molecule has 0 unspecified atom stereocenters. The number of nitrogens with one attached hydrogen (secondary N) is 1. The van der Waals surface area contributed by atoms with E-state index in [4.69, 9.17) is 0 Å². The first-order valence-corrected chi connectivity index (χ1v) is 9.75. The first-order chi connectivity index (χ1) is 13.7. The molecule has 0 bridgehead atoms. The summed E-state index contributed by atoms with van der Waals surface area (Å²) >= 11 is 0. The molecule has 2 aliphatic carbocycles. The normalized spacial score (nSPS) is 16.2. The van der Waals surface area contributed by atoms with Crippen LogP contribution in [0.1, 0.15) is 53.3 Å². The fraction of sp³-hybridized carbons (Fsp3) is 0.318. The molecule has 0 saturated heterocycles. The summed E-state index contributed by atoms with van der Waals surface area (Å²) in [6.45, 7) is 0.497. The number of aromatic nitrogens is 3. The smallest absolute Gasteiger partial charge is 0.254 e. The highest BCUT2D eigenvalue weighted by Gasteiger charge is 2.33. The monoisotopic (exact) mass is 376 g/mol. The summed E-state index contributed by atoms with van der Waals surface area (Å²) in [5.41, 5.74) is 2.48. The highest BCUT2D eigenvalue weighted by molar-refractivity contribution is 5.95. The molecule has 0 radical (unpaired) electrons. The lowest BCUT2D eigenvalue weighted by Crippen LogP contribution is -2.32. The van der Waals surface area contributed by atoms with Gasteiger partial charge in [-0.2, -0.15) is 5.10 Å². The zero-order chi connectivity index (χ0) is 19.1. The molecule has 2 aliphatic rings. The summed E-state index contributed by atoms with van der Waals surface area (Å²) in [5.74, 6) is 1.90. The van der Waals surface area contributed by atoms with Crippen molar-refractivity contribution in [2.45, 2.75) is 44.2 Å². The van der Waals surface area contributed by atoms with Gasteiger partial charge in [-0.25, -0.2) is 9.37 Å². The molecule has 5 nitrogen and oxygen atoms in total. The van der Waals surface area contributed by atoms with Crippen LogP contribution in [0, 0.1) is 5.82 Å². The van der Waals surface area contributed by atoms with Crippen LogP contribution < -0.4 is 0 Å². The second kappa shape index (κ2) is 6.86. The molecule has 2 saturated carbocycles. The predicted molar refractivity (Wildman–Crippen MR) is 103 cm³/mol. The molecule has 5 rings (SSSR count). The number of benzene rings is 2. The summed E-state index contributed by atoms with van der Waals surface area (Å²) in [4.78, 5) is 19.5. The molecular formula is C22H21FN4O. The molecule has 142 valence electrons. The molecule has 1 N–H and O–H groups in total. The van der Waals surface area contributed by atoms with Gasteiger partial charge in [-0.05, 0) is 55.5 Å². The van der Waals surface area contributed by atoms with Crippen molar-refractivity contribution < 1.29 is 9.18 Å². The summed E-state index contributed by atoms with van der Waals surface area (Å²) in [5, 5.41) is 7.31. The van der Waals surface area contributed by atoms with E-state index in [1.807, 2.05) is 29.2 Å². The van der Waals surface area contributed by atoms with Gasteiger partial charge >= 0.3 is 0 Å². The van der Waals surface area contributed by atoms with Crippen LogP contribution in [0.25, 0.3) is 11.4 Å². The first kappa shape index (κ1) is 17.1. The minimum absolute atomic E-state index is 0.00651. The topological polar surface area (TPSA) is 61.9 Å². The number of hydrogen-bond donors (Lipinski definition) is 1. The maximum Gasteiger partial charge on any atom is 0.254 e. The van der Waals surface area contributed by atoms with E-state index in [-0.39, 0.29) is 17.8 Å². The van der Waals surface area contributed by atoms with Crippen LogP contribution in [-0.4, -0.2) is 32.0 Å². The number of nitrogens with zero attached hydrogens (tertiary/aromatic N) is 3. The van der Waals surface area contributed by atoms with Gasteiger partial charge in [-0.15, -0.1) is 0 Å².